The first-order valence-electron chi connectivity index (χ1n) is 5.06. The predicted octanol–water partition coefficient (Wildman–Crippen LogP) is 2.77. The van der Waals surface area contributed by atoms with Crippen molar-refractivity contribution in [1.82, 2.24) is 4.98 Å². The van der Waals surface area contributed by atoms with Crippen LogP contribution in [-0.4, -0.2) is 24.5 Å². The Labute approximate surface area is 95.8 Å². The third-order valence-corrected chi connectivity index (χ3v) is 2.43. The number of methoxy groups -OCH3 is 1. The van der Waals surface area contributed by atoms with Crippen molar-refractivity contribution in [1.29, 1.82) is 0 Å². The van der Waals surface area contributed by atoms with Crippen LogP contribution in [0, 0.1) is 5.92 Å². The molecule has 0 bridgehead atoms. The van der Waals surface area contributed by atoms with Gasteiger partial charge in [-0.15, -0.1) is 11.6 Å². The highest BCUT2D eigenvalue weighted by molar-refractivity contribution is 6.17. The molecule has 1 aromatic rings. The number of rotatable bonds is 6. The fourth-order valence-corrected chi connectivity index (χ4v) is 1.62. The molecule has 84 valence electrons. The maximum atomic E-state index is 5.67. The summed E-state index contributed by atoms with van der Waals surface area (Å²) in [5.74, 6) is 2.80. The minimum absolute atomic E-state index is 0.536. The molecule has 0 aliphatic heterocycles. The number of ether oxygens (including phenoxy) is 1. The Kier molecular flexibility index (Phi) is 5.26. The molecule has 0 fully saturated rings. The van der Waals surface area contributed by atoms with Crippen molar-refractivity contribution >= 4 is 17.4 Å². The van der Waals surface area contributed by atoms with Gasteiger partial charge in [0.1, 0.15) is 0 Å². The number of alkyl halides is 1. The van der Waals surface area contributed by atoms with Gasteiger partial charge in [-0.25, -0.2) is 4.98 Å². The van der Waals surface area contributed by atoms with Crippen LogP contribution in [0.5, 0.6) is 5.75 Å². The number of anilines is 1. The molecule has 0 aliphatic carbocycles. The number of nitrogens with zero attached hydrogens (tertiary/aromatic N) is 1. The van der Waals surface area contributed by atoms with Crippen molar-refractivity contribution in [2.24, 2.45) is 5.92 Å². The number of pyridine rings is 1. The van der Waals surface area contributed by atoms with Crippen LogP contribution in [-0.2, 0) is 0 Å². The van der Waals surface area contributed by atoms with Gasteiger partial charge in [-0.1, -0.05) is 6.92 Å². The van der Waals surface area contributed by atoms with Gasteiger partial charge < -0.3 is 10.1 Å². The zero-order valence-electron chi connectivity index (χ0n) is 9.16. The van der Waals surface area contributed by atoms with Crippen molar-refractivity contribution in [3.05, 3.63) is 18.3 Å². The lowest BCUT2D eigenvalue weighted by atomic mass is 10.1. The number of halogens is 1. The van der Waals surface area contributed by atoms with Gasteiger partial charge in [-0.3, -0.25) is 0 Å². The van der Waals surface area contributed by atoms with E-state index in [4.69, 9.17) is 16.3 Å². The molecular weight excluding hydrogens is 212 g/mol. The van der Waals surface area contributed by atoms with Gasteiger partial charge in [0.05, 0.1) is 7.11 Å². The fourth-order valence-electron chi connectivity index (χ4n) is 1.25. The highest BCUT2D eigenvalue weighted by Gasteiger charge is 2.05. The van der Waals surface area contributed by atoms with E-state index in [2.05, 4.69) is 17.2 Å². The van der Waals surface area contributed by atoms with E-state index in [-0.39, 0.29) is 0 Å². The summed E-state index contributed by atoms with van der Waals surface area (Å²) < 4.78 is 5.19. The molecule has 0 saturated carbocycles. The monoisotopic (exact) mass is 228 g/mol. The summed E-state index contributed by atoms with van der Waals surface area (Å²) in [6, 6.07) is 3.74. The van der Waals surface area contributed by atoms with Crippen LogP contribution in [0.2, 0.25) is 0 Å². The average molecular weight is 229 g/mol. The Bertz CT molecular complexity index is 294. The number of hydrogen-bond acceptors (Lipinski definition) is 3. The van der Waals surface area contributed by atoms with Crippen LogP contribution in [0.1, 0.15) is 13.3 Å². The molecule has 0 radical (unpaired) electrons. The normalized spacial score (nSPS) is 12.2. The Morgan fingerprint density at radius 1 is 1.60 bits per heavy atom. The highest BCUT2D eigenvalue weighted by Crippen LogP contribution is 2.20. The van der Waals surface area contributed by atoms with Crippen molar-refractivity contribution < 1.29 is 4.74 Å². The maximum Gasteiger partial charge on any atom is 0.168 e. The third-order valence-electron chi connectivity index (χ3n) is 2.21. The number of nitrogens with one attached hydrogen (secondary N) is 1. The predicted molar refractivity (Wildman–Crippen MR) is 63.8 cm³/mol. The lowest BCUT2D eigenvalue weighted by Crippen LogP contribution is -2.13. The Morgan fingerprint density at radius 2 is 2.40 bits per heavy atom. The first-order chi connectivity index (χ1) is 7.27. The second-order valence-corrected chi connectivity index (χ2v) is 3.90. The molecule has 1 aromatic heterocycles. The largest absolute Gasteiger partial charge is 0.493 e. The third kappa shape index (κ3) is 3.96. The van der Waals surface area contributed by atoms with Crippen LogP contribution in [0.15, 0.2) is 18.3 Å². The van der Waals surface area contributed by atoms with Crippen molar-refractivity contribution in [2.45, 2.75) is 13.3 Å². The molecule has 1 atom stereocenters. The zero-order valence-corrected chi connectivity index (χ0v) is 9.92. The maximum absolute atomic E-state index is 5.67. The molecule has 3 nitrogen and oxygen atoms in total. The molecule has 1 rings (SSSR count). The molecule has 1 unspecified atom stereocenters. The van der Waals surface area contributed by atoms with E-state index in [9.17, 15) is 0 Å². The Hall–Kier alpha value is -0.960. The average Bonchev–Trinajstić information content (AvgIpc) is 2.27. The van der Waals surface area contributed by atoms with E-state index in [1.54, 1.807) is 13.3 Å². The second kappa shape index (κ2) is 6.51. The van der Waals surface area contributed by atoms with E-state index >= 15 is 0 Å². The van der Waals surface area contributed by atoms with Crippen LogP contribution >= 0.6 is 11.6 Å². The van der Waals surface area contributed by atoms with Crippen molar-refractivity contribution in [2.75, 3.05) is 24.9 Å². The van der Waals surface area contributed by atoms with E-state index in [1.165, 1.54) is 0 Å². The first-order valence-corrected chi connectivity index (χ1v) is 5.60. The first kappa shape index (κ1) is 12.1. The SMILES string of the molecule is COc1cccnc1NCC(C)CCCl. The molecule has 0 spiro atoms. The van der Waals surface area contributed by atoms with Gasteiger partial charge in [-0.05, 0) is 24.5 Å². The van der Waals surface area contributed by atoms with E-state index in [1.807, 2.05) is 12.1 Å². The lowest BCUT2D eigenvalue weighted by molar-refractivity contribution is 0.414. The van der Waals surface area contributed by atoms with Gasteiger partial charge >= 0.3 is 0 Å². The fraction of sp³-hybridized carbons (Fsp3) is 0.545. The van der Waals surface area contributed by atoms with E-state index < -0.39 is 0 Å². The summed E-state index contributed by atoms with van der Waals surface area (Å²) in [6.07, 6.45) is 2.75. The van der Waals surface area contributed by atoms with Gasteiger partial charge in [0, 0.05) is 18.6 Å². The van der Waals surface area contributed by atoms with Crippen LogP contribution < -0.4 is 10.1 Å². The minimum Gasteiger partial charge on any atom is -0.493 e. The Balaban J connectivity index is 2.49. The van der Waals surface area contributed by atoms with E-state index in [0.717, 1.165) is 24.5 Å². The zero-order chi connectivity index (χ0) is 11.1. The quantitative estimate of drug-likeness (QED) is 0.761. The standard InChI is InChI=1S/C11H17ClN2O/c1-9(5-6-12)8-14-11-10(15-2)4-3-7-13-11/h3-4,7,9H,5-6,8H2,1-2H3,(H,13,14). The van der Waals surface area contributed by atoms with Crippen molar-refractivity contribution in [3.63, 3.8) is 0 Å². The molecule has 1 N–H and O–H groups in total. The number of aromatic nitrogens is 1. The molecule has 1 heterocycles. The second-order valence-electron chi connectivity index (χ2n) is 3.52. The minimum atomic E-state index is 0.536. The highest BCUT2D eigenvalue weighted by atomic mass is 35.5. The number of hydrogen-bond donors (Lipinski definition) is 1. The molecule has 4 heteroatoms. The lowest BCUT2D eigenvalue weighted by Gasteiger charge is -2.13. The summed E-state index contributed by atoms with van der Waals surface area (Å²) in [4.78, 5) is 4.21. The summed E-state index contributed by atoms with van der Waals surface area (Å²) in [7, 11) is 1.64. The molecule has 0 amide bonds. The van der Waals surface area contributed by atoms with Gasteiger partial charge in [0.2, 0.25) is 0 Å². The molecule has 15 heavy (non-hydrogen) atoms. The van der Waals surface area contributed by atoms with Gasteiger partial charge in [0.15, 0.2) is 11.6 Å². The summed E-state index contributed by atoms with van der Waals surface area (Å²) in [5.41, 5.74) is 0. The topological polar surface area (TPSA) is 34.1 Å². The molecule has 0 aromatic carbocycles. The van der Waals surface area contributed by atoms with Gasteiger partial charge in [0.25, 0.3) is 0 Å². The van der Waals surface area contributed by atoms with Crippen LogP contribution in [0.25, 0.3) is 0 Å². The Morgan fingerprint density at radius 3 is 3.07 bits per heavy atom. The van der Waals surface area contributed by atoms with E-state index in [0.29, 0.717) is 11.8 Å². The van der Waals surface area contributed by atoms with Crippen LogP contribution in [0.3, 0.4) is 0 Å². The molecule has 0 saturated heterocycles. The molecule has 0 aliphatic rings. The summed E-state index contributed by atoms with van der Waals surface area (Å²) >= 11 is 5.67. The summed E-state index contributed by atoms with van der Waals surface area (Å²) in [5, 5.41) is 3.25. The van der Waals surface area contributed by atoms with Crippen LogP contribution in [0.4, 0.5) is 5.82 Å². The van der Waals surface area contributed by atoms with Gasteiger partial charge in [-0.2, -0.15) is 0 Å². The van der Waals surface area contributed by atoms with Crippen molar-refractivity contribution in [3.8, 4) is 5.75 Å². The molecular formula is C11H17ClN2O. The smallest absolute Gasteiger partial charge is 0.168 e. The summed E-state index contributed by atoms with van der Waals surface area (Å²) in [6.45, 7) is 3.02.